The Hall–Kier alpha value is -4.15. The van der Waals surface area contributed by atoms with Gasteiger partial charge in [0, 0.05) is 48.6 Å². The minimum absolute atomic E-state index is 0.0482. The zero-order chi connectivity index (χ0) is 28.0. The zero-order valence-electron chi connectivity index (χ0n) is 22.9. The number of piperazine rings is 1. The van der Waals surface area contributed by atoms with Gasteiger partial charge < -0.3 is 20.5 Å². The first kappa shape index (κ1) is 26.1. The number of fused-ring (bicyclic) bond motifs is 1. The van der Waals surface area contributed by atoms with Crippen LogP contribution in [0.4, 0.5) is 11.6 Å². The second kappa shape index (κ2) is 10.1. The number of imidazole rings is 2. The summed E-state index contributed by atoms with van der Waals surface area (Å²) in [5.74, 6) is 0.708. The first-order valence-electron chi connectivity index (χ1n) is 13.4. The van der Waals surface area contributed by atoms with Crippen LogP contribution in [0.2, 0.25) is 0 Å². The van der Waals surface area contributed by atoms with Gasteiger partial charge in [-0.3, -0.25) is 0 Å². The van der Waals surface area contributed by atoms with Crippen molar-refractivity contribution < 1.29 is 8.42 Å². The number of nitrogens with two attached hydrogens (primary N) is 1. The fourth-order valence-electron chi connectivity index (χ4n) is 5.22. The lowest BCUT2D eigenvalue weighted by atomic mass is 10.0. The minimum Gasteiger partial charge on any atom is -0.368 e. The van der Waals surface area contributed by atoms with E-state index in [1.807, 2.05) is 48.5 Å². The van der Waals surface area contributed by atoms with Crippen molar-refractivity contribution in [3.8, 4) is 33.9 Å². The van der Waals surface area contributed by atoms with E-state index in [0.717, 1.165) is 69.7 Å². The van der Waals surface area contributed by atoms with Crippen molar-refractivity contribution in [3.05, 3.63) is 72.8 Å². The molecular weight excluding hydrogens is 522 g/mol. The molecule has 0 amide bonds. The van der Waals surface area contributed by atoms with E-state index < -0.39 is 15.3 Å². The van der Waals surface area contributed by atoms with Crippen LogP contribution in [0, 0.1) is 0 Å². The van der Waals surface area contributed by atoms with Crippen molar-refractivity contribution in [2.45, 2.75) is 19.1 Å². The molecule has 10 heteroatoms. The number of aromatic amines is 1. The Morgan fingerprint density at radius 1 is 0.875 bits per heavy atom. The van der Waals surface area contributed by atoms with Gasteiger partial charge >= 0.3 is 0 Å². The number of aromatic nitrogens is 4. The number of para-hydroxylation sites is 1. The summed E-state index contributed by atoms with van der Waals surface area (Å²) >= 11 is 0. The van der Waals surface area contributed by atoms with Gasteiger partial charge in [-0.25, -0.2) is 22.4 Å². The van der Waals surface area contributed by atoms with Crippen LogP contribution in [0.15, 0.2) is 72.8 Å². The maximum atomic E-state index is 13.2. The normalized spacial score (nSPS) is 14.8. The summed E-state index contributed by atoms with van der Waals surface area (Å²) in [4.78, 5) is 17.8. The fraction of sp³-hybridized carbons (Fsp3) is 0.267. The monoisotopic (exact) mass is 555 g/mol. The third-order valence-corrected chi connectivity index (χ3v) is 9.61. The predicted octanol–water partition coefficient (Wildman–Crippen LogP) is 4.68. The van der Waals surface area contributed by atoms with E-state index in [1.165, 1.54) is 0 Å². The molecule has 3 heterocycles. The van der Waals surface area contributed by atoms with E-state index in [4.69, 9.17) is 10.7 Å². The highest BCUT2D eigenvalue weighted by Crippen LogP contribution is 2.37. The van der Waals surface area contributed by atoms with Crippen molar-refractivity contribution in [3.63, 3.8) is 0 Å². The van der Waals surface area contributed by atoms with Gasteiger partial charge in [-0.05, 0) is 45.2 Å². The average Bonchev–Trinajstić information content (AvgIpc) is 3.55. The van der Waals surface area contributed by atoms with Gasteiger partial charge in [-0.1, -0.05) is 48.5 Å². The average molecular weight is 556 g/mol. The molecule has 1 saturated heterocycles. The number of nitrogens with one attached hydrogen (secondary N) is 1. The highest BCUT2D eigenvalue weighted by atomic mass is 32.2. The summed E-state index contributed by atoms with van der Waals surface area (Å²) in [6.45, 7) is 7.16. The first-order chi connectivity index (χ1) is 19.2. The summed E-state index contributed by atoms with van der Waals surface area (Å²) < 4.78 is 27.5. The maximum absolute atomic E-state index is 13.2. The van der Waals surface area contributed by atoms with Gasteiger partial charge in [0.1, 0.15) is 5.82 Å². The van der Waals surface area contributed by atoms with E-state index in [9.17, 15) is 8.42 Å². The number of likely N-dealkylation sites (N-methyl/N-ethyl adjacent to an activating group) is 1. The van der Waals surface area contributed by atoms with E-state index in [1.54, 1.807) is 19.9 Å². The van der Waals surface area contributed by atoms with Crippen molar-refractivity contribution in [1.29, 1.82) is 0 Å². The molecule has 40 heavy (non-hydrogen) atoms. The summed E-state index contributed by atoms with van der Waals surface area (Å²) in [7, 11) is -1.57. The molecule has 0 unspecified atom stereocenters. The lowest BCUT2D eigenvalue weighted by Crippen LogP contribution is -2.44. The fourth-order valence-corrected chi connectivity index (χ4v) is 6.36. The van der Waals surface area contributed by atoms with Gasteiger partial charge in [0.15, 0.2) is 0 Å². The van der Waals surface area contributed by atoms with Crippen molar-refractivity contribution >= 4 is 32.7 Å². The molecule has 3 aromatic carbocycles. The Morgan fingerprint density at radius 2 is 1.57 bits per heavy atom. The van der Waals surface area contributed by atoms with Crippen LogP contribution in [0.25, 0.3) is 44.9 Å². The highest BCUT2D eigenvalue weighted by Gasteiger charge is 2.26. The molecule has 0 radical (unpaired) electrons. The van der Waals surface area contributed by atoms with Crippen LogP contribution < -0.4 is 10.6 Å². The van der Waals surface area contributed by atoms with Crippen molar-refractivity contribution in [2.75, 3.05) is 43.9 Å². The number of hydrogen-bond donors (Lipinski definition) is 2. The molecule has 0 atom stereocenters. The van der Waals surface area contributed by atoms with E-state index in [2.05, 4.69) is 45.0 Å². The Morgan fingerprint density at radius 3 is 2.30 bits per heavy atom. The van der Waals surface area contributed by atoms with E-state index in [-0.39, 0.29) is 5.95 Å². The summed E-state index contributed by atoms with van der Waals surface area (Å²) in [5.41, 5.74) is 12.6. The molecule has 0 aliphatic carbocycles. The van der Waals surface area contributed by atoms with Gasteiger partial charge in [0.25, 0.3) is 0 Å². The van der Waals surface area contributed by atoms with Gasteiger partial charge in [-0.15, -0.1) is 0 Å². The Kier molecular flexibility index (Phi) is 6.59. The molecule has 1 fully saturated rings. The number of nitrogen functional groups attached to an aromatic ring is 1. The van der Waals surface area contributed by atoms with Crippen LogP contribution in [0.1, 0.15) is 13.8 Å². The topological polar surface area (TPSA) is 113 Å². The standard InChI is InChI=1S/C30H33N7O2S/c1-20(2)40(38,39)37-26-19-22(13-14-24(26)32-30(37)31)28-27(21-9-5-4-6-10-21)33-29(34-28)23-11-7-8-12-25(23)36-17-15-35(3)16-18-36/h4-14,19-20H,15-18H2,1-3H3,(H2,31,32)(H,33,34). The number of H-pyrrole nitrogens is 1. The lowest BCUT2D eigenvalue weighted by molar-refractivity contribution is 0.313. The summed E-state index contributed by atoms with van der Waals surface area (Å²) in [6.07, 6.45) is 0. The molecule has 206 valence electrons. The second-order valence-corrected chi connectivity index (χ2v) is 12.9. The predicted molar refractivity (Wildman–Crippen MR) is 162 cm³/mol. The first-order valence-corrected chi connectivity index (χ1v) is 15.0. The van der Waals surface area contributed by atoms with Crippen LogP contribution in [-0.4, -0.2) is 70.7 Å². The molecule has 0 spiro atoms. The SMILES string of the molecule is CC(C)S(=O)(=O)n1c(N)nc2ccc(-c3nc(-c4ccccc4N4CCN(C)CC4)[nH]c3-c3ccccc3)cc21. The highest BCUT2D eigenvalue weighted by molar-refractivity contribution is 7.90. The van der Waals surface area contributed by atoms with Gasteiger partial charge in [-0.2, -0.15) is 0 Å². The summed E-state index contributed by atoms with van der Waals surface area (Å²) in [5, 5.41) is -0.654. The number of anilines is 2. The molecule has 2 aromatic heterocycles. The van der Waals surface area contributed by atoms with Gasteiger partial charge in [0.05, 0.1) is 27.7 Å². The smallest absolute Gasteiger partial charge is 0.244 e. The molecule has 0 saturated carbocycles. The maximum Gasteiger partial charge on any atom is 0.244 e. The summed E-state index contributed by atoms with van der Waals surface area (Å²) in [6, 6.07) is 23.9. The van der Waals surface area contributed by atoms with Crippen molar-refractivity contribution in [1.82, 2.24) is 23.8 Å². The van der Waals surface area contributed by atoms with E-state index >= 15 is 0 Å². The zero-order valence-corrected chi connectivity index (χ0v) is 23.7. The Balaban J connectivity index is 1.53. The minimum atomic E-state index is -3.72. The van der Waals surface area contributed by atoms with Crippen LogP contribution in [0.5, 0.6) is 0 Å². The largest absolute Gasteiger partial charge is 0.368 e. The van der Waals surface area contributed by atoms with E-state index in [0.29, 0.717) is 11.0 Å². The third-order valence-electron chi connectivity index (χ3n) is 7.53. The number of hydrogen-bond acceptors (Lipinski definition) is 7. The lowest BCUT2D eigenvalue weighted by Gasteiger charge is -2.35. The Bertz CT molecular complexity index is 1780. The molecule has 5 aromatic rings. The molecule has 1 aliphatic heterocycles. The second-order valence-electron chi connectivity index (χ2n) is 10.5. The number of rotatable bonds is 6. The van der Waals surface area contributed by atoms with Crippen LogP contribution in [0.3, 0.4) is 0 Å². The molecule has 6 rings (SSSR count). The third kappa shape index (κ3) is 4.52. The van der Waals surface area contributed by atoms with Crippen LogP contribution >= 0.6 is 0 Å². The molecule has 1 aliphatic rings. The molecule has 0 bridgehead atoms. The number of nitrogens with zero attached hydrogens (tertiary/aromatic N) is 5. The molecule has 9 nitrogen and oxygen atoms in total. The van der Waals surface area contributed by atoms with Crippen molar-refractivity contribution in [2.24, 2.45) is 0 Å². The molecular formula is C30H33N7O2S. The Labute approximate surface area is 234 Å². The molecule has 3 N–H and O–H groups in total. The quantitative estimate of drug-likeness (QED) is 0.313. The van der Waals surface area contributed by atoms with Gasteiger partial charge in [0.2, 0.25) is 16.0 Å². The van der Waals surface area contributed by atoms with Crippen LogP contribution in [-0.2, 0) is 10.0 Å². The number of benzene rings is 3.